The van der Waals surface area contributed by atoms with Crippen molar-refractivity contribution in [2.45, 2.75) is 399 Å². The fourth-order valence-corrected chi connectivity index (χ4v) is 10.9. The zero-order valence-electron chi connectivity index (χ0n) is 54.6. The SMILES string of the molecule is CCCCCCC/C=C\C/C=C\C/C=C\CCCCCCCCC(=O)OC(COC(=O)CCCCCCCCCCC/C=C\CCCCCCCC)COC(=O)CCCCCCCCCCCCCCCCCCCCCCCCC. The van der Waals surface area contributed by atoms with Crippen molar-refractivity contribution in [1.29, 1.82) is 0 Å². The topological polar surface area (TPSA) is 78.9 Å². The highest BCUT2D eigenvalue weighted by Crippen LogP contribution is 2.18. The minimum absolute atomic E-state index is 0.0748. The van der Waals surface area contributed by atoms with Crippen LogP contribution in [0.3, 0.4) is 0 Å². The molecule has 0 aromatic rings. The molecule has 0 spiro atoms. The molecule has 6 heteroatoms. The van der Waals surface area contributed by atoms with Gasteiger partial charge < -0.3 is 14.2 Å². The van der Waals surface area contributed by atoms with E-state index in [-0.39, 0.29) is 31.1 Å². The predicted octanol–water partition coefficient (Wildman–Crippen LogP) is 24.9. The molecule has 0 aliphatic carbocycles. The summed E-state index contributed by atoms with van der Waals surface area (Å²) < 4.78 is 17.0. The number of ether oxygens (including phenoxy) is 3. The van der Waals surface area contributed by atoms with E-state index in [0.29, 0.717) is 19.3 Å². The summed E-state index contributed by atoms with van der Waals surface area (Å²) >= 11 is 0. The maximum absolute atomic E-state index is 13.0. The maximum atomic E-state index is 13.0. The number of allylic oxidation sites excluding steroid dienone is 8. The molecule has 0 saturated carbocycles. The van der Waals surface area contributed by atoms with Gasteiger partial charge in [0.25, 0.3) is 0 Å². The molecule has 81 heavy (non-hydrogen) atoms. The van der Waals surface area contributed by atoms with E-state index in [2.05, 4.69) is 69.4 Å². The van der Waals surface area contributed by atoms with Crippen molar-refractivity contribution in [1.82, 2.24) is 0 Å². The van der Waals surface area contributed by atoms with Crippen LogP contribution in [0, 0.1) is 0 Å². The van der Waals surface area contributed by atoms with Gasteiger partial charge in [0, 0.05) is 19.3 Å². The Kier molecular flexibility index (Phi) is 67.6. The van der Waals surface area contributed by atoms with Crippen LogP contribution in [-0.2, 0) is 28.6 Å². The molecule has 6 nitrogen and oxygen atoms in total. The van der Waals surface area contributed by atoms with Gasteiger partial charge in [0.05, 0.1) is 0 Å². The highest BCUT2D eigenvalue weighted by Gasteiger charge is 2.19. The normalized spacial score (nSPS) is 12.3. The smallest absolute Gasteiger partial charge is 0.306 e. The second-order valence-electron chi connectivity index (χ2n) is 24.5. The fraction of sp³-hybridized carbons (Fsp3) is 0.853. The molecule has 0 radical (unpaired) electrons. The van der Waals surface area contributed by atoms with E-state index in [1.54, 1.807) is 0 Å². The van der Waals surface area contributed by atoms with E-state index in [1.165, 1.54) is 276 Å². The molecule has 0 aliphatic heterocycles. The molecule has 0 rings (SSSR count). The predicted molar refractivity (Wildman–Crippen MR) is 353 cm³/mol. The van der Waals surface area contributed by atoms with Gasteiger partial charge >= 0.3 is 17.9 Å². The monoisotopic (exact) mass is 1140 g/mol. The van der Waals surface area contributed by atoms with Gasteiger partial charge in [-0.05, 0) is 83.5 Å². The molecule has 0 aromatic carbocycles. The fourth-order valence-electron chi connectivity index (χ4n) is 10.9. The first kappa shape index (κ1) is 78.4. The third-order valence-corrected chi connectivity index (χ3v) is 16.3. The van der Waals surface area contributed by atoms with Gasteiger partial charge in [-0.15, -0.1) is 0 Å². The Balaban J connectivity index is 4.34. The summed E-state index contributed by atoms with van der Waals surface area (Å²) in [6.07, 6.45) is 88.5. The van der Waals surface area contributed by atoms with E-state index in [9.17, 15) is 14.4 Å². The molecule has 1 unspecified atom stereocenters. The quantitative estimate of drug-likeness (QED) is 0.0261. The number of unbranched alkanes of at least 4 members (excludes halogenated alkanes) is 48. The molecular weight excluding hydrogens is 997 g/mol. The van der Waals surface area contributed by atoms with Crippen molar-refractivity contribution < 1.29 is 28.6 Å². The second kappa shape index (κ2) is 69.9. The third-order valence-electron chi connectivity index (χ3n) is 16.3. The molecule has 0 heterocycles. The summed E-state index contributed by atoms with van der Waals surface area (Å²) in [6.45, 7) is 6.69. The Hall–Kier alpha value is -2.63. The summed E-state index contributed by atoms with van der Waals surface area (Å²) in [5.74, 6) is -0.861. The van der Waals surface area contributed by atoms with Crippen molar-refractivity contribution in [2.24, 2.45) is 0 Å². The average Bonchev–Trinajstić information content (AvgIpc) is 3.47. The number of rotatable bonds is 67. The Labute approximate surface area is 505 Å². The van der Waals surface area contributed by atoms with Crippen molar-refractivity contribution in [3.8, 4) is 0 Å². The van der Waals surface area contributed by atoms with Crippen LogP contribution in [0.5, 0.6) is 0 Å². The second-order valence-corrected chi connectivity index (χ2v) is 24.5. The van der Waals surface area contributed by atoms with Crippen LogP contribution in [-0.4, -0.2) is 37.2 Å². The van der Waals surface area contributed by atoms with Crippen molar-refractivity contribution >= 4 is 17.9 Å². The van der Waals surface area contributed by atoms with Crippen molar-refractivity contribution in [3.63, 3.8) is 0 Å². The summed E-state index contributed by atoms with van der Waals surface area (Å²) in [4.78, 5) is 38.5. The Bertz CT molecular complexity index is 1400. The number of carbonyl (C=O) groups is 3. The lowest BCUT2D eigenvalue weighted by Gasteiger charge is -2.18. The average molecular weight is 1140 g/mol. The van der Waals surface area contributed by atoms with Crippen LogP contribution in [0.2, 0.25) is 0 Å². The van der Waals surface area contributed by atoms with Gasteiger partial charge in [0.2, 0.25) is 0 Å². The lowest BCUT2D eigenvalue weighted by molar-refractivity contribution is -0.167. The third kappa shape index (κ3) is 68.0. The summed E-state index contributed by atoms with van der Waals surface area (Å²) in [5.41, 5.74) is 0. The van der Waals surface area contributed by atoms with Crippen LogP contribution >= 0.6 is 0 Å². The number of esters is 3. The van der Waals surface area contributed by atoms with Crippen LogP contribution in [0.1, 0.15) is 393 Å². The minimum atomic E-state index is -0.781. The molecule has 0 bridgehead atoms. The van der Waals surface area contributed by atoms with Gasteiger partial charge in [-0.2, -0.15) is 0 Å². The van der Waals surface area contributed by atoms with E-state index in [1.807, 2.05) is 0 Å². The van der Waals surface area contributed by atoms with Crippen molar-refractivity contribution in [2.75, 3.05) is 13.2 Å². The van der Waals surface area contributed by atoms with Gasteiger partial charge in [0.15, 0.2) is 6.10 Å². The highest BCUT2D eigenvalue weighted by atomic mass is 16.6. The minimum Gasteiger partial charge on any atom is -0.462 e. The maximum Gasteiger partial charge on any atom is 0.306 e. The largest absolute Gasteiger partial charge is 0.462 e. The molecular formula is C75H138O6. The molecule has 0 N–H and O–H groups in total. The molecule has 0 aliphatic rings. The van der Waals surface area contributed by atoms with Crippen LogP contribution in [0.25, 0.3) is 0 Å². The zero-order valence-corrected chi connectivity index (χ0v) is 54.6. The summed E-state index contributed by atoms with van der Waals surface area (Å²) in [6, 6.07) is 0. The summed E-state index contributed by atoms with van der Waals surface area (Å²) in [7, 11) is 0. The lowest BCUT2D eigenvalue weighted by Crippen LogP contribution is -2.30. The first-order valence-electron chi connectivity index (χ1n) is 36.1. The van der Waals surface area contributed by atoms with Crippen molar-refractivity contribution in [3.05, 3.63) is 48.6 Å². The van der Waals surface area contributed by atoms with Gasteiger partial charge in [-0.25, -0.2) is 0 Å². The molecule has 0 fully saturated rings. The number of hydrogen-bond acceptors (Lipinski definition) is 6. The first-order chi connectivity index (χ1) is 40.0. The van der Waals surface area contributed by atoms with Crippen LogP contribution < -0.4 is 0 Å². The molecule has 0 saturated heterocycles. The molecule has 474 valence electrons. The first-order valence-corrected chi connectivity index (χ1v) is 36.1. The number of hydrogen-bond donors (Lipinski definition) is 0. The van der Waals surface area contributed by atoms with E-state index in [0.717, 1.165) is 77.0 Å². The number of carbonyl (C=O) groups excluding carboxylic acids is 3. The highest BCUT2D eigenvalue weighted by molar-refractivity contribution is 5.71. The van der Waals surface area contributed by atoms with Crippen LogP contribution in [0.4, 0.5) is 0 Å². The van der Waals surface area contributed by atoms with Crippen LogP contribution in [0.15, 0.2) is 48.6 Å². The van der Waals surface area contributed by atoms with E-state index in [4.69, 9.17) is 14.2 Å². The lowest BCUT2D eigenvalue weighted by atomic mass is 10.0. The Morgan fingerprint density at radius 2 is 0.444 bits per heavy atom. The molecule has 0 aromatic heterocycles. The Morgan fingerprint density at radius 3 is 0.704 bits per heavy atom. The van der Waals surface area contributed by atoms with Gasteiger partial charge in [-0.3, -0.25) is 14.4 Å². The molecule has 1 atom stereocenters. The molecule has 0 amide bonds. The standard InChI is InChI=1S/C75H138O6/c1-4-7-10-13-16-19-22-25-28-31-34-36-37-39-41-44-47-50-53-56-59-62-65-68-74(77)80-71-72(70-79-73(76)67-64-61-58-55-52-49-46-43-40-33-30-27-24-21-18-15-12-9-6-3)81-75(78)69-66-63-60-57-54-51-48-45-42-38-35-32-29-26-23-20-17-14-11-8-5-2/h23,26-27,30,32,35,42,45,72H,4-22,24-25,28-29,31,33-34,36-41,43-44,46-71H2,1-3H3/b26-23-,30-27-,35-32-,45-42-. The van der Waals surface area contributed by atoms with Gasteiger partial charge in [-0.1, -0.05) is 339 Å². The van der Waals surface area contributed by atoms with E-state index < -0.39 is 6.10 Å². The van der Waals surface area contributed by atoms with E-state index >= 15 is 0 Å². The van der Waals surface area contributed by atoms with Gasteiger partial charge in [0.1, 0.15) is 13.2 Å². The zero-order chi connectivity index (χ0) is 58.5. The summed E-state index contributed by atoms with van der Waals surface area (Å²) in [5, 5.41) is 0. The Morgan fingerprint density at radius 1 is 0.247 bits per heavy atom.